The average Bonchev–Trinajstić information content (AvgIpc) is 3.13. The molecule has 0 saturated carbocycles. The molecule has 0 aliphatic rings. The zero-order chi connectivity index (χ0) is 20.5. The SMILES string of the molecule is Cc1c(Cl)cccc1NC(=O)Cn1cnc2onc(-c3ccccc3F)c2c1=O. The summed E-state index contributed by atoms with van der Waals surface area (Å²) in [4.78, 5) is 29.4. The van der Waals surface area contributed by atoms with Crippen molar-refractivity contribution in [2.75, 3.05) is 5.32 Å². The van der Waals surface area contributed by atoms with Gasteiger partial charge in [-0.25, -0.2) is 9.37 Å². The molecule has 0 saturated heterocycles. The Morgan fingerprint density at radius 3 is 2.83 bits per heavy atom. The van der Waals surface area contributed by atoms with E-state index in [1.165, 1.54) is 24.5 Å². The topological polar surface area (TPSA) is 90.0 Å². The molecule has 1 N–H and O–H groups in total. The van der Waals surface area contributed by atoms with Gasteiger partial charge < -0.3 is 9.84 Å². The van der Waals surface area contributed by atoms with Crippen LogP contribution in [0.25, 0.3) is 22.4 Å². The maximum Gasteiger partial charge on any atom is 0.267 e. The molecule has 0 spiro atoms. The fourth-order valence-corrected chi connectivity index (χ4v) is 3.09. The molecule has 0 fully saturated rings. The Hall–Kier alpha value is -3.52. The van der Waals surface area contributed by atoms with Crippen LogP contribution < -0.4 is 10.9 Å². The number of amides is 1. The monoisotopic (exact) mass is 412 g/mol. The number of carbonyl (C=O) groups is 1. The molecule has 4 aromatic rings. The van der Waals surface area contributed by atoms with E-state index in [0.29, 0.717) is 16.3 Å². The summed E-state index contributed by atoms with van der Waals surface area (Å²) < 4.78 is 20.3. The van der Waals surface area contributed by atoms with Gasteiger partial charge in [-0.05, 0) is 36.8 Å². The molecule has 0 unspecified atom stereocenters. The summed E-state index contributed by atoms with van der Waals surface area (Å²) in [6.45, 7) is 1.48. The van der Waals surface area contributed by atoms with Gasteiger partial charge in [-0.2, -0.15) is 0 Å². The third-order valence-electron chi connectivity index (χ3n) is 4.45. The highest BCUT2D eigenvalue weighted by molar-refractivity contribution is 6.31. The number of anilines is 1. The summed E-state index contributed by atoms with van der Waals surface area (Å²) in [5, 5.41) is 7.02. The predicted molar refractivity (Wildman–Crippen MR) is 106 cm³/mol. The van der Waals surface area contributed by atoms with E-state index in [1.54, 1.807) is 31.2 Å². The van der Waals surface area contributed by atoms with Gasteiger partial charge >= 0.3 is 0 Å². The fourth-order valence-electron chi connectivity index (χ4n) is 2.92. The first-order valence-electron chi connectivity index (χ1n) is 8.60. The van der Waals surface area contributed by atoms with Crippen molar-refractivity contribution in [1.82, 2.24) is 14.7 Å². The minimum atomic E-state index is -0.563. The number of benzene rings is 2. The maximum absolute atomic E-state index is 14.2. The van der Waals surface area contributed by atoms with Crippen molar-refractivity contribution in [3.63, 3.8) is 0 Å². The molecule has 0 aliphatic heterocycles. The molecular formula is C20H14ClFN4O3. The number of hydrogen-bond acceptors (Lipinski definition) is 5. The second-order valence-corrected chi connectivity index (χ2v) is 6.74. The van der Waals surface area contributed by atoms with E-state index in [0.717, 1.165) is 4.57 Å². The van der Waals surface area contributed by atoms with E-state index in [-0.39, 0.29) is 28.9 Å². The van der Waals surface area contributed by atoms with E-state index in [2.05, 4.69) is 15.5 Å². The van der Waals surface area contributed by atoms with Gasteiger partial charge in [0.25, 0.3) is 11.3 Å². The highest BCUT2D eigenvalue weighted by atomic mass is 35.5. The summed E-state index contributed by atoms with van der Waals surface area (Å²) in [6.07, 6.45) is 1.19. The minimum Gasteiger partial charge on any atom is -0.335 e. The zero-order valence-corrected chi connectivity index (χ0v) is 15.9. The number of halogens is 2. The molecule has 4 rings (SSSR count). The largest absolute Gasteiger partial charge is 0.335 e. The lowest BCUT2D eigenvalue weighted by atomic mass is 10.1. The Balaban J connectivity index is 1.68. The van der Waals surface area contributed by atoms with Crippen LogP contribution >= 0.6 is 11.6 Å². The van der Waals surface area contributed by atoms with Crippen LogP contribution in [-0.2, 0) is 11.3 Å². The average molecular weight is 413 g/mol. The fraction of sp³-hybridized carbons (Fsp3) is 0.100. The molecule has 0 atom stereocenters. The van der Waals surface area contributed by atoms with E-state index >= 15 is 0 Å². The van der Waals surface area contributed by atoms with E-state index in [9.17, 15) is 14.0 Å². The molecule has 0 radical (unpaired) electrons. The Kier molecular flexibility index (Phi) is 4.85. The van der Waals surface area contributed by atoms with E-state index in [4.69, 9.17) is 16.1 Å². The molecule has 2 aromatic heterocycles. The summed E-state index contributed by atoms with van der Waals surface area (Å²) in [6, 6.07) is 11.0. The van der Waals surface area contributed by atoms with Crippen LogP contribution in [0.1, 0.15) is 5.56 Å². The van der Waals surface area contributed by atoms with Crippen LogP contribution in [0.5, 0.6) is 0 Å². The summed E-state index contributed by atoms with van der Waals surface area (Å²) >= 11 is 6.06. The lowest BCUT2D eigenvalue weighted by Gasteiger charge is -2.10. The van der Waals surface area contributed by atoms with Gasteiger partial charge in [0.15, 0.2) is 0 Å². The Morgan fingerprint density at radius 1 is 1.24 bits per heavy atom. The quantitative estimate of drug-likeness (QED) is 0.550. The van der Waals surface area contributed by atoms with Crippen molar-refractivity contribution < 1.29 is 13.7 Å². The van der Waals surface area contributed by atoms with Gasteiger partial charge in [-0.3, -0.25) is 14.2 Å². The van der Waals surface area contributed by atoms with Gasteiger partial charge in [0.1, 0.15) is 29.8 Å². The second-order valence-electron chi connectivity index (χ2n) is 6.33. The molecule has 1 amide bonds. The lowest BCUT2D eigenvalue weighted by molar-refractivity contribution is -0.116. The number of nitrogens with one attached hydrogen (secondary N) is 1. The third-order valence-corrected chi connectivity index (χ3v) is 4.86. The second kappa shape index (κ2) is 7.48. The van der Waals surface area contributed by atoms with Crippen LogP contribution in [0.15, 0.2) is 58.1 Å². The van der Waals surface area contributed by atoms with Gasteiger partial charge in [0.05, 0.1) is 0 Å². The number of rotatable bonds is 4. The molecule has 7 nitrogen and oxygen atoms in total. The molecule has 29 heavy (non-hydrogen) atoms. The summed E-state index contributed by atoms with van der Waals surface area (Å²) in [7, 11) is 0. The number of hydrogen-bond donors (Lipinski definition) is 1. The van der Waals surface area contributed by atoms with Crippen molar-refractivity contribution in [2.24, 2.45) is 0 Å². The first-order chi connectivity index (χ1) is 14.0. The first-order valence-corrected chi connectivity index (χ1v) is 8.98. The van der Waals surface area contributed by atoms with Crippen LogP contribution in [0.2, 0.25) is 5.02 Å². The van der Waals surface area contributed by atoms with Gasteiger partial charge in [-0.1, -0.05) is 35.0 Å². The number of carbonyl (C=O) groups excluding carboxylic acids is 1. The highest BCUT2D eigenvalue weighted by Crippen LogP contribution is 2.26. The normalized spacial score (nSPS) is 11.0. The maximum atomic E-state index is 14.2. The van der Waals surface area contributed by atoms with Crippen molar-refractivity contribution in [3.05, 3.63) is 75.5 Å². The molecule has 0 bridgehead atoms. The zero-order valence-electron chi connectivity index (χ0n) is 15.1. The number of aromatic nitrogens is 3. The highest BCUT2D eigenvalue weighted by Gasteiger charge is 2.20. The number of fused-ring (bicyclic) bond motifs is 1. The van der Waals surface area contributed by atoms with Crippen LogP contribution in [0.3, 0.4) is 0 Å². The van der Waals surface area contributed by atoms with Gasteiger partial charge in [-0.15, -0.1) is 0 Å². The van der Waals surface area contributed by atoms with E-state index in [1.807, 2.05) is 0 Å². The van der Waals surface area contributed by atoms with Crippen molar-refractivity contribution in [2.45, 2.75) is 13.5 Å². The summed E-state index contributed by atoms with van der Waals surface area (Å²) in [5.74, 6) is -0.991. The van der Waals surface area contributed by atoms with E-state index < -0.39 is 17.3 Å². The van der Waals surface area contributed by atoms with Crippen LogP contribution in [0.4, 0.5) is 10.1 Å². The molecule has 2 heterocycles. The van der Waals surface area contributed by atoms with Crippen molar-refractivity contribution >= 4 is 34.3 Å². The van der Waals surface area contributed by atoms with Crippen molar-refractivity contribution in [1.29, 1.82) is 0 Å². The Morgan fingerprint density at radius 2 is 2.03 bits per heavy atom. The molecule has 146 valence electrons. The molecule has 0 aliphatic carbocycles. The first kappa shape index (κ1) is 18.8. The van der Waals surface area contributed by atoms with Gasteiger partial charge in [0, 0.05) is 16.3 Å². The molecular weight excluding hydrogens is 399 g/mol. The molecule has 2 aromatic carbocycles. The Labute approximate surface area is 168 Å². The smallest absolute Gasteiger partial charge is 0.267 e. The Bertz CT molecular complexity index is 1300. The minimum absolute atomic E-state index is 0.00401. The predicted octanol–water partition coefficient (Wildman–Crippen LogP) is 3.79. The summed E-state index contributed by atoms with van der Waals surface area (Å²) in [5.41, 5.74) is 0.812. The van der Waals surface area contributed by atoms with Crippen molar-refractivity contribution in [3.8, 4) is 11.3 Å². The van der Waals surface area contributed by atoms with Gasteiger partial charge in [0.2, 0.25) is 5.91 Å². The molecule has 9 heteroatoms. The number of nitrogens with zero attached hydrogens (tertiary/aromatic N) is 3. The third kappa shape index (κ3) is 3.50. The van der Waals surface area contributed by atoms with Crippen LogP contribution in [-0.4, -0.2) is 20.6 Å². The lowest BCUT2D eigenvalue weighted by Crippen LogP contribution is -2.28. The van der Waals surface area contributed by atoms with Crippen LogP contribution in [0, 0.1) is 12.7 Å². The standard InChI is InChI=1S/C20H14ClFN4O3/c1-11-13(21)6-4-8-15(11)24-16(27)9-26-10-23-19-17(20(26)28)18(25-29-19)12-5-2-3-7-14(12)22/h2-8,10H,9H2,1H3,(H,24,27).